The van der Waals surface area contributed by atoms with E-state index in [1.54, 1.807) is 13.1 Å². The van der Waals surface area contributed by atoms with Gasteiger partial charge in [0.05, 0.1) is 0 Å². The summed E-state index contributed by atoms with van der Waals surface area (Å²) < 4.78 is 0. The molecule has 1 aliphatic rings. The minimum Gasteiger partial charge on any atom is -0.326 e. The van der Waals surface area contributed by atoms with E-state index in [9.17, 15) is 9.59 Å². The highest BCUT2D eigenvalue weighted by molar-refractivity contribution is 6.29. The van der Waals surface area contributed by atoms with Gasteiger partial charge >= 0.3 is 0 Å². The molecule has 0 fully saturated rings. The first-order valence-electron chi connectivity index (χ1n) is 5.37. The van der Waals surface area contributed by atoms with Gasteiger partial charge in [-0.25, -0.2) is 0 Å². The average molecular weight is 253 g/mol. The van der Waals surface area contributed by atoms with E-state index in [4.69, 9.17) is 11.6 Å². The van der Waals surface area contributed by atoms with Crippen molar-refractivity contribution in [3.63, 3.8) is 0 Å². The highest BCUT2D eigenvalue weighted by Gasteiger charge is 2.17. The lowest BCUT2D eigenvalue weighted by Crippen LogP contribution is -2.27. The zero-order chi connectivity index (χ0) is 12.4. The smallest absolute Gasteiger partial charge is 0.241 e. The first-order chi connectivity index (χ1) is 8.11. The average Bonchev–Trinajstić information content (AvgIpc) is 2.36. The Hall–Kier alpha value is -1.55. The van der Waals surface area contributed by atoms with Gasteiger partial charge in [0, 0.05) is 24.8 Å². The minimum absolute atomic E-state index is 0.0374. The number of halogens is 1. The van der Waals surface area contributed by atoms with Crippen molar-refractivity contribution in [2.75, 3.05) is 23.1 Å². The molecule has 1 aliphatic heterocycles. The molecule has 5 heteroatoms. The van der Waals surface area contributed by atoms with Crippen LogP contribution >= 0.6 is 11.6 Å². The van der Waals surface area contributed by atoms with E-state index in [-0.39, 0.29) is 17.7 Å². The maximum atomic E-state index is 11.5. The second-order valence-electron chi connectivity index (χ2n) is 3.98. The molecule has 0 unspecified atom stereocenters. The maximum absolute atomic E-state index is 11.5. The zero-order valence-corrected chi connectivity index (χ0v) is 10.3. The first kappa shape index (κ1) is 11.9. The topological polar surface area (TPSA) is 49.4 Å². The lowest BCUT2D eigenvalue weighted by molar-refractivity contribution is -0.117. The number of hydrogen-bond donors (Lipinski definition) is 1. The largest absolute Gasteiger partial charge is 0.326 e. The number of fused-ring (bicyclic) bond motifs is 1. The quantitative estimate of drug-likeness (QED) is 0.816. The van der Waals surface area contributed by atoms with Gasteiger partial charge in [-0.05, 0) is 30.2 Å². The lowest BCUT2D eigenvalue weighted by Gasteiger charge is -2.21. The van der Waals surface area contributed by atoms with Gasteiger partial charge in [-0.1, -0.05) is 0 Å². The summed E-state index contributed by atoms with van der Waals surface area (Å²) in [6.07, 6.45) is 1.20. The molecular weight excluding hydrogens is 240 g/mol. The molecule has 0 spiro atoms. The Morgan fingerprint density at radius 3 is 2.94 bits per heavy atom. The SMILES string of the molecule is CN(C(=O)CCl)c1ccc2c(c1)CCC(=O)N2. The van der Waals surface area contributed by atoms with E-state index in [1.807, 2.05) is 12.1 Å². The molecule has 0 saturated carbocycles. The summed E-state index contributed by atoms with van der Waals surface area (Å²) >= 11 is 5.51. The van der Waals surface area contributed by atoms with Crippen molar-refractivity contribution in [3.8, 4) is 0 Å². The van der Waals surface area contributed by atoms with Crippen LogP contribution in [0.25, 0.3) is 0 Å². The molecule has 0 atom stereocenters. The van der Waals surface area contributed by atoms with Gasteiger partial charge < -0.3 is 10.2 Å². The van der Waals surface area contributed by atoms with Crippen LogP contribution in [-0.2, 0) is 16.0 Å². The van der Waals surface area contributed by atoms with E-state index in [2.05, 4.69) is 5.32 Å². The minimum atomic E-state index is -0.147. The molecule has 1 aromatic rings. The van der Waals surface area contributed by atoms with Gasteiger partial charge in [-0.2, -0.15) is 0 Å². The highest BCUT2D eigenvalue weighted by Crippen LogP contribution is 2.27. The summed E-state index contributed by atoms with van der Waals surface area (Å²) in [5, 5.41) is 2.80. The number of benzene rings is 1. The van der Waals surface area contributed by atoms with Crippen molar-refractivity contribution in [2.24, 2.45) is 0 Å². The Labute approximate surface area is 105 Å². The first-order valence-corrected chi connectivity index (χ1v) is 5.90. The number of nitrogens with zero attached hydrogens (tertiary/aromatic N) is 1. The van der Waals surface area contributed by atoms with Crippen LogP contribution in [0.5, 0.6) is 0 Å². The molecule has 1 heterocycles. The molecule has 0 aromatic heterocycles. The third-order valence-corrected chi connectivity index (χ3v) is 3.09. The number of rotatable bonds is 2. The molecule has 0 bridgehead atoms. The maximum Gasteiger partial charge on any atom is 0.241 e. The summed E-state index contributed by atoms with van der Waals surface area (Å²) in [5.41, 5.74) is 2.68. The van der Waals surface area contributed by atoms with E-state index in [1.165, 1.54) is 4.90 Å². The molecule has 0 aliphatic carbocycles. The van der Waals surface area contributed by atoms with Crippen LogP contribution in [0.3, 0.4) is 0 Å². The molecule has 17 heavy (non-hydrogen) atoms. The standard InChI is InChI=1S/C12H13ClN2O2/c1-15(12(17)7-13)9-3-4-10-8(6-9)2-5-11(16)14-10/h3-4,6H,2,5,7H2,1H3,(H,14,16). The summed E-state index contributed by atoms with van der Waals surface area (Å²) in [6, 6.07) is 5.54. The molecule has 2 rings (SSSR count). The third kappa shape index (κ3) is 2.42. The van der Waals surface area contributed by atoms with Gasteiger partial charge in [0.25, 0.3) is 0 Å². The fourth-order valence-electron chi connectivity index (χ4n) is 1.81. The number of carbonyl (C=O) groups excluding carboxylic acids is 2. The van der Waals surface area contributed by atoms with E-state index >= 15 is 0 Å². The highest BCUT2D eigenvalue weighted by atomic mass is 35.5. The molecule has 1 N–H and O–H groups in total. The number of hydrogen-bond acceptors (Lipinski definition) is 2. The van der Waals surface area contributed by atoms with Crippen LogP contribution in [0.1, 0.15) is 12.0 Å². The van der Waals surface area contributed by atoms with Crippen molar-refractivity contribution in [3.05, 3.63) is 23.8 Å². The van der Waals surface area contributed by atoms with Crippen LogP contribution in [0.2, 0.25) is 0 Å². The van der Waals surface area contributed by atoms with Gasteiger partial charge in [0.15, 0.2) is 0 Å². The Kier molecular flexibility index (Phi) is 3.33. The Balaban J connectivity index is 2.28. The van der Waals surface area contributed by atoms with Crippen molar-refractivity contribution in [2.45, 2.75) is 12.8 Å². The lowest BCUT2D eigenvalue weighted by atomic mass is 10.0. The predicted molar refractivity (Wildman–Crippen MR) is 67.5 cm³/mol. The van der Waals surface area contributed by atoms with Crippen LogP contribution in [-0.4, -0.2) is 24.7 Å². The number of anilines is 2. The summed E-state index contributed by atoms with van der Waals surface area (Å²) in [4.78, 5) is 24.2. The van der Waals surface area contributed by atoms with Crippen molar-refractivity contribution in [1.29, 1.82) is 0 Å². The molecule has 90 valence electrons. The normalized spacial score (nSPS) is 13.9. The van der Waals surface area contributed by atoms with E-state index < -0.39 is 0 Å². The third-order valence-electron chi connectivity index (χ3n) is 2.86. The number of aryl methyl sites for hydroxylation is 1. The molecule has 0 radical (unpaired) electrons. The van der Waals surface area contributed by atoms with Crippen LogP contribution in [0.15, 0.2) is 18.2 Å². The number of alkyl halides is 1. The fraction of sp³-hybridized carbons (Fsp3) is 0.333. The summed E-state index contributed by atoms with van der Waals surface area (Å²) in [6.45, 7) is 0. The second kappa shape index (κ2) is 4.75. The Morgan fingerprint density at radius 1 is 1.47 bits per heavy atom. The predicted octanol–water partition coefficient (Wildman–Crippen LogP) is 1.77. The molecule has 1 aromatic carbocycles. The van der Waals surface area contributed by atoms with Gasteiger partial charge in [0.1, 0.15) is 5.88 Å². The molecule has 0 saturated heterocycles. The number of nitrogens with one attached hydrogen (secondary N) is 1. The molecule has 4 nitrogen and oxygen atoms in total. The Bertz CT molecular complexity index is 474. The van der Waals surface area contributed by atoms with Gasteiger partial charge in [-0.3, -0.25) is 9.59 Å². The van der Waals surface area contributed by atoms with Gasteiger partial charge in [-0.15, -0.1) is 11.6 Å². The van der Waals surface area contributed by atoms with Crippen molar-refractivity contribution in [1.82, 2.24) is 0 Å². The van der Waals surface area contributed by atoms with Crippen LogP contribution in [0.4, 0.5) is 11.4 Å². The zero-order valence-electron chi connectivity index (χ0n) is 9.50. The fourth-order valence-corrected chi connectivity index (χ4v) is 1.99. The summed E-state index contributed by atoms with van der Waals surface area (Å²) in [5.74, 6) is -0.147. The second-order valence-corrected chi connectivity index (χ2v) is 4.24. The summed E-state index contributed by atoms with van der Waals surface area (Å²) in [7, 11) is 1.69. The van der Waals surface area contributed by atoms with E-state index in [0.717, 1.165) is 16.9 Å². The number of amides is 2. The molecule has 2 amide bonds. The van der Waals surface area contributed by atoms with E-state index in [0.29, 0.717) is 12.8 Å². The van der Waals surface area contributed by atoms with Gasteiger partial charge in [0.2, 0.25) is 11.8 Å². The molecular formula is C12H13ClN2O2. The van der Waals surface area contributed by atoms with Crippen LogP contribution < -0.4 is 10.2 Å². The van der Waals surface area contributed by atoms with Crippen molar-refractivity contribution >= 4 is 34.8 Å². The van der Waals surface area contributed by atoms with Crippen molar-refractivity contribution < 1.29 is 9.59 Å². The van der Waals surface area contributed by atoms with Crippen LogP contribution in [0, 0.1) is 0 Å². The monoisotopic (exact) mass is 252 g/mol. The Morgan fingerprint density at radius 2 is 2.24 bits per heavy atom. The number of carbonyl (C=O) groups is 2.